The molecule has 0 bridgehead atoms. The molecule has 0 atom stereocenters. The van der Waals surface area contributed by atoms with Crippen molar-refractivity contribution < 1.29 is 22.0 Å². The molecular formula is C21H21F5N8. The van der Waals surface area contributed by atoms with Gasteiger partial charge in [-0.05, 0) is 13.3 Å². The summed E-state index contributed by atoms with van der Waals surface area (Å²) in [7, 11) is 0. The summed E-state index contributed by atoms with van der Waals surface area (Å²) in [5.41, 5.74) is 0.119. The standard InChI is InChI=1S/C21H21F5N8/c1-13-29-16(21(24,25)26)4-18(30-13)33-11-20(12-33)2-3-32(10-20)19-7-27-6-15(31-19)14-5-28-34(8-14)9-17(22)23/h4-8,17H,2-3,9-12H2,1H3. The van der Waals surface area contributed by atoms with Crippen molar-refractivity contribution in [1.29, 1.82) is 0 Å². The second-order valence-corrected chi connectivity index (χ2v) is 8.79. The zero-order chi connectivity index (χ0) is 24.1. The number of rotatable bonds is 5. The average molecular weight is 480 g/mol. The van der Waals surface area contributed by atoms with Gasteiger partial charge in [0, 0.05) is 49.4 Å². The number of aryl methyl sites for hydroxylation is 1. The Hall–Kier alpha value is -3.38. The third-order valence-corrected chi connectivity index (χ3v) is 6.13. The number of hydrogen-bond acceptors (Lipinski definition) is 7. The molecule has 0 aromatic carbocycles. The van der Waals surface area contributed by atoms with E-state index in [1.54, 1.807) is 12.4 Å². The summed E-state index contributed by atoms with van der Waals surface area (Å²) < 4.78 is 65.7. The first-order chi connectivity index (χ1) is 16.1. The maximum atomic E-state index is 13.1. The van der Waals surface area contributed by atoms with Crippen LogP contribution >= 0.6 is 0 Å². The number of hydrogen-bond donors (Lipinski definition) is 0. The monoisotopic (exact) mass is 480 g/mol. The Morgan fingerprint density at radius 3 is 2.50 bits per heavy atom. The molecule has 34 heavy (non-hydrogen) atoms. The van der Waals surface area contributed by atoms with Crippen LogP contribution in [0.1, 0.15) is 17.9 Å². The van der Waals surface area contributed by atoms with Crippen LogP contribution in [0.4, 0.5) is 33.6 Å². The second-order valence-electron chi connectivity index (χ2n) is 8.79. The third-order valence-electron chi connectivity index (χ3n) is 6.13. The van der Waals surface area contributed by atoms with Crippen LogP contribution in [0, 0.1) is 12.3 Å². The van der Waals surface area contributed by atoms with E-state index in [9.17, 15) is 22.0 Å². The third kappa shape index (κ3) is 4.38. The summed E-state index contributed by atoms with van der Waals surface area (Å²) in [4.78, 5) is 20.5. The van der Waals surface area contributed by atoms with Gasteiger partial charge in [0.15, 0.2) is 0 Å². The number of nitrogens with zero attached hydrogens (tertiary/aromatic N) is 8. The lowest BCUT2D eigenvalue weighted by atomic mass is 9.79. The summed E-state index contributed by atoms with van der Waals surface area (Å²) >= 11 is 0. The zero-order valence-electron chi connectivity index (χ0n) is 18.2. The van der Waals surface area contributed by atoms with Crippen LogP contribution in [-0.2, 0) is 12.7 Å². The normalized spacial score (nSPS) is 17.6. The zero-order valence-corrected chi connectivity index (χ0v) is 18.2. The molecule has 8 nitrogen and oxygen atoms in total. The fraction of sp³-hybridized carbons (Fsp3) is 0.476. The summed E-state index contributed by atoms with van der Waals surface area (Å²) in [6, 6.07) is 0.996. The van der Waals surface area contributed by atoms with Crippen molar-refractivity contribution in [2.75, 3.05) is 36.0 Å². The first-order valence-electron chi connectivity index (χ1n) is 10.7. The topological polar surface area (TPSA) is 75.9 Å². The summed E-state index contributed by atoms with van der Waals surface area (Å²) in [5.74, 6) is 1.03. The van der Waals surface area contributed by atoms with E-state index in [1.807, 2.05) is 4.90 Å². The second kappa shape index (κ2) is 8.13. The molecule has 0 amide bonds. The van der Waals surface area contributed by atoms with E-state index in [0.29, 0.717) is 36.7 Å². The lowest BCUT2D eigenvalue weighted by Gasteiger charge is -2.48. The van der Waals surface area contributed by atoms with Crippen molar-refractivity contribution in [3.8, 4) is 11.3 Å². The molecule has 0 N–H and O–H groups in total. The van der Waals surface area contributed by atoms with Gasteiger partial charge in [0.2, 0.25) is 0 Å². The molecule has 0 aliphatic carbocycles. The van der Waals surface area contributed by atoms with E-state index in [4.69, 9.17) is 0 Å². The van der Waals surface area contributed by atoms with Gasteiger partial charge < -0.3 is 9.80 Å². The van der Waals surface area contributed by atoms with Gasteiger partial charge >= 0.3 is 6.18 Å². The molecule has 2 aliphatic heterocycles. The Kier molecular flexibility index (Phi) is 5.36. The minimum absolute atomic E-state index is 0.0723. The summed E-state index contributed by atoms with van der Waals surface area (Å²) in [5, 5.41) is 3.94. The van der Waals surface area contributed by atoms with Gasteiger partial charge in [-0.2, -0.15) is 18.3 Å². The minimum atomic E-state index is -4.52. The highest BCUT2D eigenvalue weighted by Crippen LogP contribution is 2.43. The van der Waals surface area contributed by atoms with Crippen molar-refractivity contribution in [1.82, 2.24) is 29.7 Å². The fourth-order valence-electron chi connectivity index (χ4n) is 4.56. The average Bonchev–Trinajstić information content (AvgIpc) is 3.39. The van der Waals surface area contributed by atoms with E-state index < -0.39 is 24.8 Å². The molecule has 3 aromatic heterocycles. The van der Waals surface area contributed by atoms with Crippen LogP contribution in [0.25, 0.3) is 11.3 Å². The Balaban J connectivity index is 1.27. The highest BCUT2D eigenvalue weighted by atomic mass is 19.4. The van der Waals surface area contributed by atoms with Crippen LogP contribution in [-0.4, -0.2) is 62.3 Å². The predicted octanol–water partition coefficient (Wildman–Crippen LogP) is 3.44. The molecule has 5 rings (SSSR count). The SMILES string of the molecule is Cc1nc(N2CC3(CCN(c4cncc(-c5cnn(CC(F)F)c5)n4)C3)C2)cc(C(F)(F)F)n1. The van der Waals surface area contributed by atoms with Gasteiger partial charge in [0.25, 0.3) is 6.43 Å². The van der Waals surface area contributed by atoms with Gasteiger partial charge in [-0.25, -0.2) is 23.7 Å². The highest BCUT2D eigenvalue weighted by molar-refractivity contribution is 5.58. The Morgan fingerprint density at radius 1 is 1.00 bits per heavy atom. The van der Waals surface area contributed by atoms with Crippen LogP contribution in [0.5, 0.6) is 0 Å². The molecule has 3 aromatic rings. The van der Waals surface area contributed by atoms with Crippen molar-refractivity contribution in [3.05, 3.63) is 42.4 Å². The van der Waals surface area contributed by atoms with Gasteiger partial charge in [-0.3, -0.25) is 9.67 Å². The quantitative estimate of drug-likeness (QED) is 0.518. The Morgan fingerprint density at radius 2 is 1.76 bits per heavy atom. The largest absolute Gasteiger partial charge is 0.433 e. The molecule has 0 saturated carbocycles. The number of alkyl halides is 5. The van der Waals surface area contributed by atoms with E-state index in [0.717, 1.165) is 19.0 Å². The highest BCUT2D eigenvalue weighted by Gasteiger charge is 2.49. The molecular weight excluding hydrogens is 459 g/mol. The smallest absolute Gasteiger partial charge is 0.355 e. The summed E-state index contributed by atoms with van der Waals surface area (Å²) in [6.07, 6.45) is 0.0241. The molecule has 2 fully saturated rings. The molecule has 180 valence electrons. The van der Waals surface area contributed by atoms with E-state index >= 15 is 0 Å². The Bertz CT molecular complexity index is 1190. The first-order valence-corrected chi connectivity index (χ1v) is 10.7. The molecule has 1 spiro atoms. The van der Waals surface area contributed by atoms with Gasteiger partial charge in [-0.1, -0.05) is 0 Å². The predicted molar refractivity (Wildman–Crippen MR) is 113 cm³/mol. The van der Waals surface area contributed by atoms with Crippen LogP contribution in [0.2, 0.25) is 0 Å². The first kappa shape index (κ1) is 22.4. The van der Waals surface area contributed by atoms with Crippen molar-refractivity contribution in [2.24, 2.45) is 5.41 Å². The minimum Gasteiger partial charge on any atom is -0.355 e. The van der Waals surface area contributed by atoms with Gasteiger partial charge in [0.1, 0.15) is 29.7 Å². The fourth-order valence-corrected chi connectivity index (χ4v) is 4.56. The van der Waals surface area contributed by atoms with Crippen molar-refractivity contribution >= 4 is 11.6 Å². The number of aromatic nitrogens is 6. The lowest BCUT2D eigenvalue weighted by molar-refractivity contribution is -0.141. The molecule has 0 radical (unpaired) electrons. The molecule has 13 heteroatoms. The Labute approximate surface area is 191 Å². The van der Waals surface area contributed by atoms with Crippen molar-refractivity contribution in [2.45, 2.75) is 32.5 Å². The summed E-state index contributed by atoms with van der Waals surface area (Å²) in [6.45, 7) is 3.55. The van der Waals surface area contributed by atoms with Crippen molar-refractivity contribution in [3.63, 3.8) is 0 Å². The van der Waals surface area contributed by atoms with Gasteiger partial charge in [-0.15, -0.1) is 0 Å². The number of anilines is 2. The van der Waals surface area contributed by atoms with E-state index in [1.165, 1.54) is 24.0 Å². The van der Waals surface area contributed by atoms with E-state index in [-0.39, 0.29) is 17.1 Å². The van der Waals surface area contributed by atoms with Crippen LogP contribution in [0.15, 0.2) is 30.9 Å². The molecule has 2 aliphatic rings. The van der Waals surface area contributed by atoms with Crippen LogP contribution in [0.3, 0.4) is 0 Å². The molecule has 2 saturated heterocycles. The maximum Gasteiger partial charge on any atom is 0.433 e. The number of halogens is 5. The maximum absolute atomic E-state index is 13.1. The molecule has 0 unspecified atom stereocenters. The lowest BCUT2D eigenvalue weighted by Crippen LogP contribution is -2.58. The van der Waals surface area contributed by atoms with E-state index in [2.05, 4.69) is 29.9 Å². The van der Waals surface area contributed by atoms with Crippen LogP contribution < -0.4 is 9.80 Å². The van der Waals surface area contributed by atoms with Gasteiger partial charge in [0.05, 0.1) is 24.3 Å². The molecule has 5 heterocycles.